The summed E-state index contributed by atoms with van der Waals surface area (Å²) < 4.78 is 10.5. The van der Waals surface area contributed by atoms with Crippen LogP contribution in [0.5, 0.6) is 0 Å². The topological polar surface area (TPSA) is 108 Å². The SMILES string of the molecule is O=C(OCC#CCSc1nnc(-c2ccc([N+](=O)[O-])cc2)o1)c1ccccc1Cl. The molecule has 0 fully saturated rings. The molecular weight excluding hydrogens is 418 g/mol. The highest BCUT2D eigenvalue weighted by atomic mass is 35.5. The summed E-state index contributed by atoms with van der Waals surface area (Å²) >= 11 is 7.14. The first-order chi connectivity index (χ1) is 14.0. The second-order valence-corrected chi connectivity index (χ2v) is 6.71. The van der Waals surface area contributed by atoms with Gasteiger partial charge in [-0.15, -0.1) is 10.2 Å². The van der Waals surface area contributed by atoms with Gasteiger partial charge in [-0.1, -0.05) is 47.3 Å². The molecule has 0 amide bonds. The van der Waals surface area contributed by atoms with Gasteiger partial charge < -0.3 is 9.15 Å². The van der Waals surface area contributed by atoms with Gasteiger partial charge in [0.15, 0.2) is 6.61 Å². The number of non-ortho nitro benzene ring substituents is 1. The van der Waals surface area contributed by atoms with Gasteiger partial charge in [-0.25, -0.2) is 4.79 Å². The summed E-state index contributed by atoms with van der Waals surface area (Å²) in [5.41, 5.74) is 0.843. The first-order valence-corrected chi connectivity index (χ1v) is 9.49. The molecule has 0 unspecified atom stereocenters. The van der Waals surface area contributed by atoms with Crippen molar-refractivity contribution in [2.24, 2.45) is 0 Å². The van der Waals surface area contributed by atoms with Crippen LogP contribution in [0.3, 0.4) is 0 Å². The Labute approximate surface area is 174 Å². The minimum atomic E-state index is -0.540. The van der Waals surface area contributed by atoms with Crippen LogP contribution in [0.4, 0.5) is 5.69 Å². The molecule has 0 N–H and O–H groups in total. The number of ether oxygens (including phenoxy) is 1. The lowest BCUT2D eigenvalue weighted by atomic mass is 10.2. The minimum Gasteiger partial charge on any atom is -0.449 e. The third-order valence-electron chi connectivity index (χ3n) is 3.49. The van der Waals surface area contributed by atoms with Crippen LogP contribution >= 0.6 is 23.4 Å². The lowest BCUT2D eigenvalue weighted by molar-refractivity contribution is -0.384. The Morgan fingerprint density at radius 2 is 1.93 bits per heavy atom. The number of aromatic nitrogens is 2. The van der Waals surface area contributed by atoms with E-state index in [1.807, 2.05) is 0 Å². The zero-order valence-corrected chi connectivity index (χ0v) is 16.3. The van der Waals surface area contributed by atoms with Crippen LogP contribution < -0.4 is 0 Å². The van der Waals surface area contributed by atoms with Crippen molar-refractivity contribution in [3.63, 3.8) is 0 Å². The maximum atomic E-state index is 11.9. The Morgan fingerprint density at radius 3 is 2.66 bits per heavy atom. The third kappa shape index (κ3) is 5.57. The molecule has 29 heavy (non-hydrogen) atoms. The van der Waals surface area contributed by atoms with Crippen molar-refractivity contribution in [3.8, 4) is 23.3 Å². The number of nitro groups is 1. The molecule has 0 atom stereocenters. The third-order valence-corrected chi connectivity index (χ3v) is 4.52. The number of esters is 1. The minimum absolute atomic E-state index is 0.0200. The highest BCUT2D eigenvalue weighted by molar-refractivity contribution is 7.99. The van der Waals surface area contributed by atoms with Crippen LogP contribution in [0, 0.1) is 22.0 Å². The van der Waals surface area contributed by atoms with Crippen molar-refractivity contribution in [1.82, 2.24) is 10.2 Å². The van der Waals surface area contributed by atoms with E-state index in [2.05, 4.69) is 22.0 Å². The van der Waals surface area contributed by atoms with Crippen LogP contribution in [-0.4, -0.2) is 33.4 Å². The summed E-state index contributed by atoms with van der Waals surface area (Å²) in [5, 5.41) is 19.1. The molecule has 0 saturated carbocycles. The normalized spacial score (nSPS) is 10.1. The number of carbonyl (C=O) groups is 1. The molecule has 0 aliphatic carbocycles. The van der Waals surface area contributed by atoms with Gasteiger partial charge in [0.25, 0.3) is 10.9 Å². The van der Waals surface area contributed by atoms with E-state index >= 15 is 0 Å². The number of thioether (sulfide) groups is 1. The molecule has 0 saturated heterocycles. The molecule has 0 aliphatic heterocycles. The molecule has 0 aliphatic rings. The van der Waals surface area contributed by atoms with Crippen LogP contribution in [0.1, 0.15) is 10.4 Å². The average molecular weight is 430 g/mol. The fourth-order valence-corrected chi connectivity index (χ4v) is 2.86. The highest BCUT2D eigenvalue weighted by Crippen LogP contribution is 2.24. The van der Waals surface area contributed by atoms with E-state index in [1.54, 1.807) is 24.3 Å². The Hall–Kier alpha value is -3.35. The number of nitrogens with zero attached hydrogens (tertiary/aromatic N) is 3. The van der Waals surface area contributed by atoms with Crippen molar-refractivity contribution in [2.75, 3.05) is 12.4 Å². The summed E-state index contributed by atoms with van der Waals surface area (Å²) in [4.78, 5) is 22.1. The molecule has 10 heteroatoms. The van der Waals surface area contributed by atoms with E-state index in [-0.39, 0.29) is 23.7 Å². The summed E-state index contributed by atoms with van der Waals surface area (Å²) in [6.07, 6.45) is 0. The van der Waals surface area contributed by atoms with Gasteiger partial charge in [0.1, 0.15) is 0 Å². The van der Waals surface area contributed by atoms with Crippen LogP contribution in [0.25, 0.3) is 11.5 Å². The van der Waals surface area contributed by atoms with E-state index in [4.69, 9.17) is 20.8 Å². The number of hydrogen-bond acceptors (Lipinski definition) is 8. The van der Waals surface area contributed by atoms with E-state index in [9.17, 15) is 14.9 Å². The molecule has 0 radical (unpaired) electrons. The maximum Gasteiger partial charge on any atom is 0.340 e. The largest absolute Gasteiger partial charge is 0.449 e. The summed E-state index contributed by atoms with van der Waals surface area (Å²) in [7, 11) is 0. The van der Waals surface area contributed by atoms with E-state index in [1.165, 1.54) is 36.0 Å². The van der Waals surface area contributed by atoms with E-state index in [0.717, 1.165) is 0 Å². The van der Waals surface area contributed by atoms with Crippen LogP contribution in [-0.2, 0) is 4.74 Å². The van der Waals surface area contributed by atoms with Crippen molar-refractivity contribution in [1.29, 1.82) is 0 Å². The van der Waals surface area contributed by atoms with Gasteiger partial charge in [0.05, 0.1) is 21.3 Å². The number of benzene rings is 2. The number of carbonyl (C=O) groups excluding carboxylic acids is 1. The highest BCUT2D eigenvalue weighted by Gasteiger charge is 2.11. The van der Waals surface area contributed by atoms with Gasteiger partial charge in [-0.05, 0) is 24.3 Å². The monoisotopic (exact) mass is 429 g/mol. The van der Waals surface area contributed by atoms with Crippen LogP contribution in [0.15, 0.2) is 58.2 Å². The standard InChI is InChI=1S/C19H12ClN3O5S/c20-16-6-2-1-5-15(16)18(24)27-11-3-4-12-29-19-22-21-17(28-19)13-7-9-14(10-8-13)23(25)26/h1-2,5-10H,11-12H2. The molecule has 2 aromatic carbocycles. The predicted octanol–water partition coefficient (Wildman–Crippen LogP) is 4.25. The Balaban J connectivity index is 1.46. The van der Waals surface area contributed by atoms with Gasteiger partial charge in [-0.2, -0.15) is 0 Å². The fourth-order valence-electron chi connectivity index (χ4n) is 2.12. The molecule has 1 heterocycles. The molecule has 0 spiro atoms. The number of halogens is 1. The van der Waals surface area contributed by atoms with Crippen molar-refractivity contribution in [2.45, 2.75) is 5.22 Å². The Kier molecular flexibility index (Phi) is 6.84. The first kappa shape index (κ1) is 20.4. The van der Waals surface area contributed by atoms with Gasteiger partial charge in [0.2, 0.25) is 5.89 Å². The van der Waals surface area contributed by atoms with Gasteiger partial charge in [-0.3, -0.25) is 10.1 Å². The fraction of sp³-hybridized carbons (Fsp3) is 0.105. The van der Waals surface area contributed by atoms with Gasteiger partial charge in [0, 0.05) is 17.7 Å². The van der Waals surface area contributed by atoms with E-state index in [0.29, 0.717) is 21.6 Å². The molecule has 146 valence electrons. The average Bonchev–Trinajstić information content (AvgIpc) is 3.19. The second-order valence-electron chi connectivity index (χ2n) is 5.38. The predicted molar refractivity (Wildman–Crippen MR) is 107 cm³/mol. The summed E-state index contributed by atoms with van der Waals surface area (Å²) in [5.74, 6) is 5.61. The zero-order valence-electron chi connectivity index (χ0n) is 14.7. The molecule has 1 aromatic heterocycles. The Bertz CT molecular complexity index is 1090. The number of nitro benzene ring substituents is 1. The van der Waals surface area contributed by atoms with Crippen LogP contribution in [0.2, 0.25) is 5.02 Å². The lowest BCUT2D eigenvalue weighted by Gasteiger charge is -2.02. The van der Waals surface area contributed by atoms with E-state index < -0.39 is 10.9 Å². The van der Waals surface area contributed by atoms with Crippen molar-refractivity contribution < 1.29 is 18.9 Å². The lowest BCUT2D eigenvalue weighted by Crippen LogP contribution is -2.05. The van der Waals surface area contributed by atoms with Gasteiger partial charge >= 0.3 is 5.97 Å². The second kappa shape index (κ2) is 9.73. The molecule has 3 rings (SSSR count). The molecule has 3 aromatic rings. The number of hydrogen-bond donors (Lipinski definition) is 0. The number of rotatable bonds is 6. The smallest absolute Gasteiger partial charge is 0.340 e. The molecule has 0 bridgehead atoms. The summed E-state index contributed by atoms with van der Waals surface area (Å²) in [6.45, 7) is -0.0670. The quantitative estimate of drug-likeness (QED) is 0.188. The van der Waals surface area contributed by atoms with Crippen molar-refractivity contribution >= 4 is 35.0 Å². The van der Waals surface area contributed by atoms with Crippen molar-refractivity contribution in [3.05, 3.63) is 69.2 Å². The maximum absolute atomic E-state index is 11.9. The Morgan fingerprint density at radius 1 is 1.17 bits per heavy atom. The first-order valence-electron chi connectivity index (χ1n) is 8.13. The molecule has 8 nitrogen and oxygen atoms in total. The molecular formula is C19H12ClN3O5S. The zero-order chi connectivity index (χ0) is 20.6. The summed E-state index contributed by atoms with van der Waals surface area (Å²) in [6, 6.07) is 12.4.